The molecule has 0 aromatic heterocycles. The van der Waals surface area contributed by atoms with Crippen LogP contribution in [0.5, 0.6) is 5.75 Å². The molecule has 0 bridgehead atoms. The summed E-state index contributed by atoms with van der Waals surface area (Å²) in [4.78, 5) is 11.3. The molecule has 1 rings (SSSR count). The number of carbonyl (C=O) groups is 1. The lowest BCUT2D eigenvalue weighted by Gasteiger charge is -2.09. The number of aromatic hydroxyl groups is 1. The van der Waals surface area contributed by atoms with Gasteiger partial charge in [-0.1, -0.05) is 19.1 Å². The van der Waals surface area contributed by atoms with Crippen molar-refractivity contribution in [3.05, 3.63) is 29.8 Å². The van der Waals surface area contributed by atoms with Gasteiger partial charge in [-0.2, -0.15) is 0 Å². The maximum absolute atomic E-state index is 11.3. The predicted molar refractivity (Wildman–Crippen MR) is 49.8 cm³/mol. The molecule has 0 spiro atoms. The summed E-state index contributed by atoms with van der Waals surface area (Å²) in [6, 6.07) is 6.02. The van der Waals surface area contributed by atoms with E-state index in [1.54, 1.807) is 19.1 Å². The maximum Gasteiger partial charge on any atom is 0.344 e. The van der Waals surface area contributed by atoms with Gasteiger partial charge in [0, 0.05) is 6.42 Å². The Kier molecular flexibility index (Phi) is 3.48. The summed E-state index contributed by atoms with van der Waals surface area (Å²) < 4.78 is 4.62. The van der Waals surface area contributed by atoms with E-state index in [1.807, 2.05) is 0 Å². The lowest BCUT2D eigenvalue weighted by atomic mass is 10.2. The van der Waals surface area contributed by atoms with Gasteiger partial charge in [-0.05, 0) is 12.1 Å². The highest BCUT2D eigenvalue weighted by atomic mass is 16.6. The number of carbonyl (C=O) groups excluding carboxylic acids is 1. The molecule has 0 aliphatic carbocycles. The molecule has 4 nitrogen and oxygen atoms in total. The molecule has 1 aromatic rings. The van der Waals surface area contributed by atoms with Gasteiger partial charge in [0.05, 0.1) is 0 Å². The molecule has 1 aromatic carbocycles. The van der Waals surface area contributed by atoms with Crippen molar-refractivity contribution in [3.63, 3.8) is 0 Å². The first-order chi connectivity index (χ1) is 6.65. The summed E-state index contributed by atoms with van der Waals surface area (Å²) in [5, 5.41) is 18.3. The first-order valence-corrected chi connectivity index (χ1v) is 4.32. The van der Waals surface area contributed by atoms with Crippen molar-refractivity contribution in [2.45, 2.75) is 19.6 Å². The number of aliphatic hydroxyl groups excluding tert-OH is 1. The highest BCUT2D eigenvalue weighted by molar-refractivity contribution is 5.92. The van der Waals surface area contributed by atoms with E-state index in [9.17, 15) is 9.90 Å². The smallest absolute Gasteiger partial charge is 0.344 e. The summed E-state index contributed by atoms with van der Waals surface area (Å²) in [6.07, 6.45) is -0.804. The van der Waals surface area contributed by atoms with Gasteiger partial charge in [-0.3, -0.25) is 0 Å². The highest BCUT2D eigenvalue weighted by Crippen LogP contribution is 2.17. The van der Waals surface area contributed by atoms with Crippen LogP contribution in [0.15, 0.2) is 24.3 Å². The molecule has 0 aliphatic heterocycles. The van der Waals surface area contributed by atoms with Crippen LogP contribution in [-0.4, -0.2) is 22.5 Å². The first-order valence-electron chi connectivity index (χ1n) is 4.32. The standard InChI is InChI=1S/C10H12O4/c1-2-9(12)14-10(13)7-5-3-4-6-8(7)11/h3-6,9,11-12H,2H2,1H3. The molecule has 0 radical (unpaired) electrons. The van der Waals surface area contributed by atoms with E-state index in [1.165, 1.54) is 12.1 Å². The van der Waals surface area contributed by atoms with Crippen molar-refractivity contribution in [1.29, 1.82) is 0 Å². The number of rotatable bonds is 3. The number of hydrogen-bond acceptors (Lipinski definition) is 4. The molecule has 4 heteroatoms. The van der Waals surface area contributed by atoms with Gasteiger partial charge in [-0.25, -0.2) is 4.79 Å². The fourth-order valence-corrected chi connectivity index (χ4v) is 0.917. The molecule has 2 N–H and O–H groups in total. The average molecular weight is 196 g/mol. The van der Waals surface area contributed by atoms with Crippen molar-refractivity contribution in [3.8, 4) is 5.75 Å². The topological polar surface area (TPSA) is 66.8 Å². The fourth-order valence-electron chi connectivity index (χ4n) is 0.917. The number of hydrogen-bond donors (Lipinski definition) is 2. The number of phenols is 1. The summed E-state index contributed by atoms with van der Waals surface area (Å²) in [7, 11) is 0. The Labute approximate surface area is 81.8 Å². The van der Waals surface area contributed by atoms with Gasteiger partial charge < -0.3 is 14.9 Å². The Morgan fingerprint density at radius 2 is 2.14 bits per heavy atom. The average Bonchev–Trinajstić information content (AvgIpc) is 2.18. The van der Waals surface area contributed by atoms with E-state index in [0.29, 0.717) is 6.42 Å². The van der Waals surface area contributed by atoms with Crippen molar-refractivity contribution in [1.82, 2.24) is 0 Å². The van der Waals surface area contributed by atoms with Crippen LogP contribution in [0.25, 0.3) is 0 Å². The van der Waals surface area contributed by atoms with E-state index in [2.05, 4.69) is 4.74 Å². The van der Waals surface area contributed by atoms with Crippen LogP contribution >= 0.6 is 0 Å². The third-order valence-corrected chi connectivity index (χ3v) is 1.72. The molecule has 0 amide bonds. The summed E-state index contributed by atoms with van der Waals surface area (Å²) >= 11 is 0. The number of benzene rings is 1. The largest absolute Gasteiger partial charge is 0.507 e. The summed E-state index contributed by atoms with van der Waals surface area (Å²) in [5.41, 5.74) is 0.0556. The number of phenolic OH excluding ortho intramolecular Hbond substituents is 1. The molecular weight excluding hydrogens is 184 g/mol. The number of esters is 1. The van der Waals surface area contributed by atoms with Gasteiger partial charge in [0.2, 0.25) is 6.29 Å². The molecule has 0 saturated carbocycles. The molecule has 76 valence electrons. The van der Waals surface area contributed by atoms with Crippen LogP contribution in [0.1, 0.15) is 23.7 Å². The number of aliphatic hydroxyl groups is 1. The van der Waals surface area contributed by atoms with Gasteiger partial charge >= 0.3 is 5.97 Å². The second-order valence-electron chi connectivity index (χ2n) is 2.79. The third kappa shape index (κ3) is 2.47. The number of ether oxygens (including phenoxy) is 1. The molecule has 0 saturated heterocycles. The van der Waals surface area contributed by atoms with Crippen LogP contribution in [0.4, 0.5) is 0 Å². The van der Waals surface area contributed by atoms with Gasteiger partial charge in [0.15, 0.2) is 0 Å². The van der Waals surface area contributed by atoms with E-state index in [4.69, 9.17) is 5.11 Å². The zero-order valence-electron chi connectivity index (χ0n) is 7.80. The van der Waals surface area contributed by atoms with Crippen molar-refractivity contribution < 1.29 is 19.7 Å². The molecule has 0 heterocycles. The Morgan fingerprint density at radius 1 is 1.50 bits per heavy atom. The summed E-state index contributed by atoms with van der Waals surface area (Å²) in [6.45, 7) is 1.68. The highest BCUT2D eigenvalue weighted by Gasteiger charge is 2.14. The number of para-hydroxylation sites is 1. The maximum atomic E-state index is 11.3. The lowest BCUT2D eigenvalue weighted by molar-refractivity contribution is -0.0657. The monoisotopic (exact) mass is 196 g/mol. The summed E-state index contributed by atoms with van der Waals surface area (Å²) in [5.74, 6) is -0.877. The molecule has 1 atom stereocenters. The minimum Gasteiger partial charge on any atom is -0.507 e. The Hall–Kier alpha value is -1.55. The van der Waals surface area contributed by atoms with Crippen molar-refractivity contribution >= 4 is 5.97 Å². The van der Waals surface area contributed by atoms with Gasteiger partial charge in [-0.15, -0.1) is 0 Å². The van der Waals surface area contributed by atoms with Crippen LogP contribution in [0, 0.1) is 0 Å². The van der Waals surface area contributed by atoms with E-state index in [0.717, 1.165) is 0 Å². The first kappa shape index (κ1) is 10.5. The molecule has 1 unspecified atom stereocenters. The second kappa shape index (κ2) is 4.62. The van der Waals surface area contributed by atoms with Crippen LogP contribution < -0.4 is 0 Å². The van der Waals surface area contributed by atoms with Gasteiger partial charge in [0.25, 0.3) is 0 Å². The zero-order chi connectivity index (χ0) is 10.6. The quantitative estimate of drug-likeness (QED) is 0.564. The van der Waals surface area contributed by atoms with E-state index >= 15 is 0 Å². The van der Waals surface area contributed by atoms with Crippen molar-refractivity contribution in [2.75, 3.05) is 0 Å². The molecular formula is C10H12O4. The SMILES string of the molecule is CCC(O)OC(=O)c1ccccc1O. The Morgan fingerprint density at radius 3 is 2.71 bits per heavy atom. The van der Waals surface area contributed by atoms with Gasteiger partial charge in [0.1, 0.15) is 11.3 Å². The zero-order valence-corrected chi connectivity index (χ0v) is 7.80. The molecule has 14 heavy (non-hydrogen) atoms. The van der Waals surface area contributed by atoms with Crippen molar-refractivity contribution in [2.24, 2.45) is 0 Å². The lowest BCUT2D eigenvalue weighted by Crippen LogP contribution is -2.16. The van der Waals surface area contributed by atoms with Crippen LogP contribution in [-0.2, 0) is 4.74 Å². The Bertz CT molecular complexity index is 322. The predicted octanol–water partition coefficient (Wildman–Crippen LogP) is 1.28. The minimum absolute atomic E-state index is 0.0556. The van der Waals surface area contributed by atoms with E-state index in [-0.39, 0.29) is 11.3 Å². The fraction of sp³-hybridized carbons (Fsp3) is 0.300. The normalized spacial score (nSPS) is 12.1. The van der Waals surface area contributed by atoms with Crippen LogP contribution in [0.3, 0.4) is 0 Å². The van der Waals surface area contributed by atoms with E-state index < -0.39 is 12.3 Å². The Balaban J connectivity index is 2.75. The molecule has 0 aliphatic rings. The molecule has 0 fully saturated rings. The second-order valence-corrected chi connectivity index (χ2v) is 2.79. The minimum atomic E-state index is -1.12. The third-order valence-electron chi connectivity index (χ3n) is 1.72. The van der Waals surface area contributed by atoms with Crippen LogP contribution in [0.2, 0.25) is 0 Å².